The molecule has 0 aromatic carbocycles. The number of ketones is 2. The van der Waals surface area contributed by atoms with E-state index in [1.54, 1.807) is 23.5 Å². The number of thiazole rings is 1. The average Bonchev–Trinajstić information content (AvgIpc) is 3.56. The molecule has 5 aliphatic rings. The van der Waals surface area contributed by atoms with Crippen molar-refractivity contribution in [3.05, 3.63) is 34.9 Å². The van der Waals surface area contributed by atoms with E-state index in [1.807, 2.05) is 6.08 Å². The highest BCUT2D eigenvalue weighted by atomic mass is 32.2. The van der Waals surface area contributed by atoms with Gasteiger partial charge >= 0.3 is 0 Å². The number of aliphatic hydroxyl groups excluding tert-OH is 1. The average molecular weight is 586 g/mol. The Morgan fingerprint density at radius 3 is 2.77 bits per heavy atom. The van der Waals surface area contributed by atoms with E-state index in [-0.39, 0.29) is 52.0 Å². The van der Waals surface area contributed by atoms with Crippen LogP contribution in [0.15, 0.2) is 33.5 Å². The van der Waals surface area contributed by atoms with Crippen LogP contribution in [0.1, 0.15) is 85.8 Å². The number of carbonyl (C=O) groups is 2. The summed E-state index contributed by atoms with van der Waals surface area (Å²) in [5, 5.41) is 14.0. The molecule has 8 heteroatoms. The third kappa shape index (κ3) is 4.18. The molecule has 0 bridgehead atoms. The van der Waals surface area contributed by atoms with Crippen molar-refractivity contribution < 1.29 is 24.2 Å². The van der Waals surface area contributed by atoms with Crippen LogP contribution in [0.2, 0.25) is 0 Å². The predicted octanol–water partition coefficient (Wildman–Crippen LogP) is 6.27. The maximum atomic E-state index is 14.4. The van der Waals surface area contributed by atoms with E-state index >= 15 is 0 Å². The van der Waals surface area contributed by atoms with Gasteiger partial charge in [0.2, 0.25) is 0 Å². The molecule has 1 aromatic heterocycles. The second kappa shape index (κ2) is 9.87. The molecule has 6 rings (SSSR count). The van der Waals surface area contributed by atoms with E-state index in [1.165, 1.54) is 11.8 Å². The molecule has 1 aliphatic heterocycles. The lowest BCUT2D eigenvalue weighted by Gasteiger charge is -2.59. The Bertz CT molecular complexity index is 1260. The van der Waals surface area contributed by atoms with Crippen molar-refractivity contribution in [2.24, 2.45) is 28.6 Å². The van der Waals surface area contributed by atoms with Gasteiger partial charge in [-0.3, -0.25) is 9.59 Å². The van der Waals surface area contributed by atoms with Gasteiger partial charge in [0.05, 0.1) is 23.7 Å². The quantitative estimate of drug-likeness (QED) is 0.394. The number of fused-ring (bicyclic) bond motifs is 7. The summed E-state index contributed by atoms with van der Waals surface area (Å²) in [4.78, 5) is 31.4. The van der Waals surface area contributed by atoms with Crippen molar-refractivity contribution >= 4 is 34.7 Å². The zero-order valence-corrected chi connectivity index (χ0v) is 26.2. The van der Waals surface area contributed by atoms with E-state index in [4.69, 9.17) is 14.5 Å². The number of ether oxygens (including phenoxy) is 2. The summed E-state index contributed by atoms with van der Waals surface area (Å²) in [5.41, 5.74) is 0.188. The minimum Gasteiger partial charge on any atom is -0.393 e. The van der Waals surface area contributed by atoms with E-state index < -0.39 is 23.4 Å². The fourth-order valence-electron chi connectivity index (χ4n) is 8.91. The van der Waals surface area contributed by atoms with Crippen molar-refractivity contribution in [2.45, 2.75) is 114 Å². The third-order valence-electron chi connectivity index (χ3n) is 10.8. The molecule has 2 heterocycles. The SMILES string of the molecule is CCC[C@@H]1O[C@@H]2CC3C4CCC5=CC(=O)C=CC5(C)C4C(O)CC3(C)[C@]2(C(=O)CSc2nc(C(C)(C)C)cs2)O1. The summed E-state index contributed by atoms with van der Waals surface area (Å²) in [5.74, 6) is 0.804. The van der Waals surface area contributed by atoms with Crippen LogP contribution in [-0.2, 0) is 24.5 Å². The summed E-state index contributed by atoms with van der Waals surface area (Å²) in [6.07, 6.45) is 8.85. The van der Waals surface area contributed by atoms with Crippen LogP contribution in [-0.4, -0.2) is 51.5 Å². The van der Waals surface area contributed by atoms with Gasteiger partial charge in [-0.2, -0.15) is 0 Å². The number of hydrogen-bond donors (Lipinski definition) is 1. The number of allylic oxidation sites excluding steroid dienone is 4. The normalized spacial score (nSPS) is 42.2. The number of hydrogen-bond acceptors (Lipinski definition) is 8. The minimum atomic E-state index is -1.07. The van der Waals surface area contributed by atoms with Crippen LogP contribution >= 0.6 is 23.1 Å². The summed E-state index contributed by atoms with van der Waals surface area (Å²) in [6.45, 7) is 12.9. The monoisotopic (exact) mass is 585 g/mol. The lowest BCUT2D eigenvalue weighted by Crippen LogP contribution is -2.63. The molecule has 4 aliphatic carbocycles. The zero-order valence-electron chi connectivity index (χ0n) is 24.6. The number of Topliss-reactive ketones (excluding diaryl/α,β-unsaturated/α-hetero) is 1. The maximum Gasteiger partial charge on any atom is 0.178 e. The summed E-state index contributed by atoms with van der Waals surface area (Å²) in [6, 6.07) is 0. The summed E-state index contributed by atoms with van der Waals surface area (Å²) < 4.78 is 14.2. The van der Waals surface area contributed by atoms with Crippen molar-refractivity contribution in [3.8, 4) is 0 Å². The van der Waals surface area contributed by atoms with Gasteiger partial charge in [0.15, 0.2) is 27.8 Å². The van der Waals surface area contributed by atoms with Gasteiger partial charge in [-0.25, -0.2) is 4.98 Å². The van der Waals surface area contributed by atoms with Crippen molar-refractivity contribution in [1.82, 2.24) is 4.98 Å². The number of carbonyl (C=O) groups excluding carboxylic acids is 2. The highest BCUT2D eigenvalue weighted by molar-refractivity contribution is 8.01. The minimum absolute atomic E-state index is 0.00727. The molecular weight excluding hydrogens is 542 g/mol. The molecule has 1 saturated heterocycles. The van der Waals surface area contributed by atoms with E-state index in [9.17, 15) is 14.7 Å². The first-order valence-electron chi connectivity index (χ1n) is 14.9. The molecule has 218 valence electrons. The van der Waals surface area contributed by atoms with Gasteiger partial charge in [-0.05, 0) is 56.1 Å². The molecule has 0 spiro atoms. The van der Waals surface area contributed by atoms with E-state index in [2.05, 4.69) is 46.9 Å². The number of rotatable bonds is 6. The van der Waals surface area contributed by atoms with Crippen LogP contribution < -0.4 is 0 Å². The Kier molecular flexibility index (Phi) is 7.10. The van der Waals surface area contributed by atoms with Gasteiger partial charge in [-0.15, -0.1) is 11.3 Å². The molecule has 6 nitrogen and oxygen atoms in total. The Morgan fingerprint density at radius 2 is 2.08 bits per heavy atom. The van der Waals surface area contributed by atoms with Gasteiger partial charge < -0.3 is 14.6 Å². The van der Waals surface area contributed by atoms with Gasteiger partial charge in [0, 0.05) is 27.5 Å². The molecule has 1 aromatic rings. The second-order valence-corrected chi connectivity index (χ2v) is 16.2. The second-order valence-electron chi connectivity index (χ2n) is 14.1. The van der Waals surface area contributed by atoms with Gasteiger partial charge in [0.25, 0.3) is 0 Å². The molecule has 4 fully saturated rings. The van der Waals surface area contributed by atoms with Crippen LogP contribution in [0.4, 0.5) is 0 Å². The predicted molar refractivity (Wildman–Crippen MR) is 157 cm³/mol. The number of aliphatic hydroxyl groups is 1. The molecule has 3 saturated carbocycles. The highest BCUT2D eigenvalue weighted by Gasteiger charge is 2.75. The Hall–Kier alpha value is -1.32. The first-order valence-corrected chi connectivity index (χ1v) is 16.8. The van der Waals surface area contributed by atoms with Crippen molar-refractivity contribution in [3.63, 3.8) is 0 Å². The van der Waals surface area contributed by atoms with E-state index in [0.29, 0.717) is 6.42 Å². The molecule has 0 radical (unpaired) electrons. The van der Waals surface area contributed by atoms with Crippen LogP contribution in [0.5, 0.6) is 0 Å². The Labute approximate surface area is 246 Å². The molecule has 1 N–H and O–H groups in total. The Balaban J connectivity index is 1.32. The van der Waals surface area contributed by atoms with Gasteiger partial charge in [0.1, 0.15) is 0 Å². The molecule has 0 amide bonds. The first-order chi connectivity index (χ1) is 18.8. The summed E-state index contributed by atoms with van der Waals surface area (Å²) >= 11 is 3.09. The van der Waals surface area contributed by atoms with Crippen LogP contribution in [0, 0.1) is 28.6 Å². The zero-order chi connectivity index (χ0) is 28.7. The third-order valence-corrected chi connectivity index (χ3v) is 12.8. The summed E-state index contributed by atoms with van der Waals surface area (Å²) in [7, 11) is 0. The van der Waals surface area contributed by atoms with Gasteiger partial charge in [-0.1, -0.05) is 71.4 Å². The number of aromatic nitrogens is 1. The van der Waals surface area contributed by atoms with Crippen LogP contribution in [0.25, 0.3) is 0 Å². The van der Waals surface area contributed by atoms with E-state index in [0.717, 1.165) is 47.7 Å². The lowest BCUT2D eigenvalue weighted by molar-refractivity contribution is -0.197. The molecular formula is C32H43NO5S2. The van der Waals surface area contributed by atoms with Crippen molar-refractivity contribution in [1.29, 1.82) is 0 Å². The smallest absolute Gasteiger partial charge is 0.178 e. The molecule has 6 unspecified atom stereocenters. The number of thioether (sulfide) groups is 1. The first kappa shape index (κ1) is 28.8. The van der Waals surface area contributed by atoms with Crippen LogP contribution in [0.3, 0.4) is 0 Å². The topological polar surface area (TPSA) is 85.7 Å². The molecule has 9 atom stereocenters. The van der Waals surface area contributed by atoms with Crippen molar-refractivity contribution in [2.75, 3.05) is 5.75 Å². The molecule has 40 heavy (non-hydrogen) atoms. The largest absolute Gasteiger partial charge is 0.393 e. The fraction of sp³-hybridized carbons (Fsp3) is 0.719. The standard InChI is InChI=1S/C32H43NO5S2/c1-7-8-26-37-25-14-21-20-10-9-18-13-19(34)11-12-30(18,5)27(20)22(35)15-31(21,6)32(25,38-26)24(36)17-40-28-33-23(16-39-28)29(2,3)4/h11-13,16,20-22,25-27,35H,7-10,14-15,17H2,1-6H3/t20?,21?,22?,25-,26-,27?,30?,31?,32-/m1/s1. The fourth-order valence-corrected chi connectivity index (χ4v) is 10.9. The number of nitrogens with zero attached hydrogens (tertiary/aromatic N) is 1. The lowest BCUT2D eigenvalue weighted by atomic mass is 9.46. The maximum absolute atomic E-state index is 14.4. The highest BCUT2D eigenvalue weighted by Crippen LogP contribution is 2.69. The Morgan fingerprint density at radius 1 is 1.30 bits per heavy atom.